The molecule has 4 N–H and O–H groups in total. The number of aromatic nitrogens is 2. The molecule has 4 rings (SSSR count). The molecule has 0 atom stereocenters. The molecule has 1 aromatic heterocycles. The summed E-state index contributed by atoms with van der Waals surface area (Å²) < 4.78 is 2.18. The number of aryl methyl sites for hydroxylation is 2. The number of rotatable bonds is 7. The average Bonchev–Trinajstić information content (AvgIpc) is 3.14. The molecule has 0 spiro atoms. The molecule has 0 saturated carbocycles. The Kier molecular flexibility index (Phi) is 7.91. The van der Waals surface area contributed by atoms with Crippen LogP contribution in [0.25, 0.3) is 27.8 Å². The summed E-state index contributed by atoms with van der Waals surface area (Å²) in [6, 6.07) is 19.1. The van der Waals surface area contributed by atoms with Crippen molar-refractivity contribution in [3.8, 4) is 16.8 Å². The minimum absolute atomic E-state index is 0. The van der Waals surface area contributed by atoms with Gasteiger partial charge in [-0.15, -0.1) is 12.4 Å². The number of carboxylic acids is 1. The standard InChI is InChI=1S/C26H26N4O2S.ClH/c1-3-4-9-24-29-22-15-17(28-26(27)33)10-13-23(22)30(24)18-11-12-19(16(2)14-18)20-7-5-6-8-21(20)25(31)32;/h5-8,10-15H,3-4,9H2,1-2H3,(H,31,32)(H3,27,28,33);1H. The van der Waals surface area contributed by atoms with E-state index < -0.39 is 5.97 Å². The number of fused-ring (bicyclic) bond motifs is 1. The maximum absolute atomic E-state index is 11.7. The van der Waals surface area contributed by atoms with Crippen LogP contribution in [0.2, 0.25) is 0 Å². The molecule has 0 unspecified atom stereocenters. The molecule has 0 aliphatic heterocycles. The number of hydrogen-bond acceptors (Lipinski definition) is 3. The van der Waals surface area contributed by atoms with E-state index in [0.29, 0.717) is 11.1 Å². The summed E-state index contributed by atoms with van der Waals surface area (Å²) in [4.78, 5) is 16.6. The van der Waals surface area contributed by atoms with Crippen molar-refractivity contribution in [1.29, 1.82) is 0 Å². The number of halogens is 1. The van der Waals surface area contributed by atoms with E-state index in [2.05, 4.69) is 22.9 Å². The topological polar surface area (TPSA) is 93.2 Å². The Morgan fingerprint density at radius 3 is 2.56 bits per heavy atom. The van der Waals surface area contributed by atoms with Crippen LogP contribution in [0, 0.1) is 6.92 Å². The summed E-state index contributed by atoms with van der Waals surface area (Å²) in [5.74, 6) is 0.0512. The molecule has 6 nitrogen and oxygen atoms in total. The van der Waals surface area contributed by atoms with Gasteiger partial charge in [0.1, 0.15) is 5.82 Å². The number of hydrogen-bond donors (Lipinski definition) is 3. The molecule has 1 heterocycles. The van der Waals surface area contributed by atoms with Crippen LogP contribution >= 0.6 is 24.6 Å². The summed E-state index contributed by atoms with van der Waals surface area (Å²) in [7, 11) is 0. The highest BCUT2D eigenvalue weighted by atomic mass is 35.5. The van der Waals surface area contributed by atoms with Gasteiger partial charge in [-0.25, -0.2) is 9.78 Å². The molecular formula is C26H27ClN4O2S. The Balaban J connectivity index is 0.00000324. The van der Waals surface area contributed by atoms with Gasteiger partial charge in [0.05, 0.1) is 16.6 Å². The van der Waals surface area contributed by atoms with Crippen LogP contribution in [0.15, 0.2) is 60.7 Å². The van der Waals surface area contributed by atoms with Crippen LogP contribution in [-0.2, 0) is 6.42 Å². The van der Waals surface area contributed by atoms with Gasteiger partial charge < -0.3 is 16.2 Å². The van der Waals surface area contributed by atoms with Crippen LogP contribution in [0.4, 0.5) is 5.69 Å². The molecule has 0 radical (unpaired) electrons. The van der Waals surface area contributed by atoms with Gasteiger partial charge in [0.25, 0.3) is 0 Å². The third kappa shape index (κ3) is 5.05. The maximum atomic E-state index is 11.7. The monoisotopic (exact) mass is 494 g/mol. The van der Waals surface area contributed by atoms with Gasteiger partial charge in [-0.3, -0.25) is 4.57 Å². The molecule has 8 heteroatoms. The van der Waals surface area contributed by atoms with Crippen molar-refractivity contribution in [2.75, 3.05) is 5.32 Å². The van der Waals surface area contributed by atoms with Crippen molar-refractivity contribution in [3.63, 3.8) is 0 Å². The SMILES string of the molecule is CCCCc1nc2cc(NC(N)=S)ccc2n1-c1ccc(-c2ccccc2C(=O)O)c(C)c1.Cl. The molecular weight excluding hydrogens is 468 g/mol. The Bertz CT molecular complexity index is 1370. The summed E-state index contributed by atoms with van der Waals surface area (Å²) in [6.07, 6.45) is 2.96. The van der Waals surface area contributed by atoms with Crippen molar-refractivity contribution in [3.05, 3.63) is 77.6 Å². The first kappa shape index (κ1) is 25.2. The second-order valence-corrected chi connectivity index (χ2v) is 8.45. The number of thiocarbonyl (C=S) groups is 1. The first-order valence-electron chi connectivity index (χ1n) is 10.9. The summed E-state index contributed by atoms with van der Waals surface area (Å²) >= 11 is 4.96. The fourth-order valence-electron chi connectivity index (χ4n) is 4.13. The minimum atomic E-state index is -0.932. The number of aromatic carboxylic acids is 1. The molecule has 0 saturated heterocycles. The van der Waals surface area contributed by atoms with Gasteiger partial charge in [0, 0.05) is 17.8 Å². The normalized spacial score (nSPS) is 10.6. The number of anilines is 1. The highest BCUT2D eigenvalue weighted by molar-refractivity contribution is 7.80. The minimum Gasteiger partial charge on any atom is -0.478 e. The fourth-order valence-corrected chi connectivity index (χ4v) is 4.25. The Morgan fingerprint density at radius 2 is 1.88 bits per heavy atom. The zero-order valence-corrected chi connectivity index (χ0v) is 20.7. The molecule has 176 valence electrons. The smallest absolute Gasteiger partial charge is 0.336 e. The van der Waals surface area contributed by atoms with Gasteiger partial charge >= 0.3 is 5.97 Å². The highest BCUT2D eigenvalue weighted by Gasteiger charge is 2.16. The molecule has 3 aromatic carbocycles. The zero-order valence-electron chi connectivity index (χ0n) is 19.0. The predicted octanol–water partition coefficient (Wildman–Crippen LogP) is 6.12. The molecule has 0 fully saturated rings. The zero-order chi connectivity index (χ0) is 23.5. The van der Waals surface area contributed by atoms with E-state index in [1.165, 1.54) is 0 Å². The Morgan fingerprint density at radius 1 is 1.12 bits per heavy atom. The average molecular weight is 495 g/mol. The number of unbranched alkanes of at least 4 members (excludes halogenated alkanes) is 1. The van der Waals surface area contributed by atoms with Crippen molar-refractivity contribution in [1.82, 2.24) is 9.55 Å². The predicted molar refractivity (Wildman–Crippen MR) is 144 cm³/mol. The number of nitrogens with two attached hydrogens (primary N) is 1. The largest absolute Gasteiger partial charge is 0.478 e. The third-order valence-electron chi connectivity index (χ3n) is 5.66. The quantitative estimate of drug-likeness (QED) is 0.268. The van der Waals surface area contributed by atoms with Crippen LogP contribution < -0.4 is 11.1 Å². The number of carbonyl (C=O) groups is 1. The lowest BCUT2D eigenvalue weighted by molar-refractivity contribution is 0.0697. The first-order chi connectivity index (χ1) is 15.9. The van der Waals surface area contributed by atoms with Gasteiger partial charge in [-0.2, -0.15) is 0 Å². The number of nitrogens with one attached hydrogen (secondary N) is 1. The van der Waals surface area contributed by atoms with Crippen molar-refractivity contribution in [2.45, 2.75) is 33.1 Å². The molecule has 0 aliphatic carbocycles. The molecule has 4 aromatic rings. The van der Waals surface area contributed by atoms with E-state index in [9.17, 15) is 9.90 Å². The van der Waals surface area contributed by atoms with Gasteiger partial charge in [-0.1, -0.05) is 37.6 Å². The van der Waals surface area contributed by atoms with E-state index in [1.807, 2.05) is 49.4 Å². The fraction of sp³-hybridized carbons (Fsp3) is 0.192. The van der Waals surface area contributed by atoms with Crippen LogP contribution in [-0.4, -0.2) is 25.7 Å². The summed E-state index contributed by atoms with van der Waals surface area (Å²) in [6.45, 7) is 4.17. The Labute approximate surface area is 210 Å². The van der Waals surface area contributed by atoms with Crippen molar-refractivity contribution < 1.29 is 9.90 Å². The van der Waals surface area contributed by atoms with E-state index >= 15 is 0 Å². The van der Waals surface area contributed by atoms with E-state index in [1.54, 1.807) is 12.1 Å². The summed E-state index contributed by atoms with van der Waals surface area (Å²) in [5, 5.41) is 12.8. The summed E-state index contributed by atoms with van der Waals surface area (Å²) in [5.41, 5.74) is 12.2. The highest BCUT2D eigenvalue weighted by Crippen LogP contribution is 2.31. The third-order valence-corrected chi connectivity index (χ3v) is 5.76. The second-order valence-electron chi connectivity index (χ2n) is 8.01. The molecule has 34 heavy (non-hydrogen) atoms. The number of benzene rings is 3. The van der Waals surface area contributed by atoms with E-state index in [4.69, 9.17) is 22.9 Å². The van der Waals surface area contributed by atoms with Crippen molar-refractivity contribution in [2.24, 2.45) is 5.73 Å². The number of imidazole rings is 1. The van der Waals surface area contributed by atoms with Crippen molar-refractivity contribution >= 4 is 52.4 Å². The molecule has 0 aliphatic rings. The number of nitrogens with zero attached hydrogens (tertiary/aromatic N) is 2. The van der Waals surface area contributed by atoms with Gasteiger partial charge in [0.2, 0.25) is 0 Å². The van der Waals surface area contributed by atoms with Crippen LogP contribution in [0.5, 0.6) is 0 Å². The maximum Gasteiger partial charge on any atom is 0.336 e. The lowest BCUT2D eigenvalue weighted by atomic mass is 9.95. The first-order valence-corrected chi connectivity index (χ1v) is 11.3. The number of carboxylic acid groups (broad SMARTS) is 1. The van der Waals surface area contributed by atoms with Crippen LogP contribution in [0.1, 0.15) is 41.5 Å². The molecule has 0 bridgehead atoms. The molecule has 0 amide bonds. The van der Waals surface area contributed by atoms with E-state index in [-0.39, 0.29) is 17.5 Å². The van der Waals surface area contributed by atoms with Gasteiger partial charge in [0.15, 0.2) is 5.11 Å². The lowest BCUT2D eigenvalue weighted by Gasteiger charge is -2.14. The second kappa shape index (κ2) is 10.7. The van der Waals surface area contributed by atoms with Crippen LogP contribution in [0.3, 0.4) is 0 Å². The Hall–Kier alpha value is -3.42. The lowest BCUT2D eigenvalue weighted by Crippen LogP contribution is -2.18. The van der Waals surface area contributed by atoms with Gasteiger partial charge in [-0.05, 0) is 78.7 Å². The van der Waals surface area contributed by atoms with E-state index in [0.717, 1.165) is 58.6 Å².